The highest BCUT2D eigenvalue weighted by molar-refractivity contribution is 9.10. The van der Waals surface area contributed by atoms with Gasteiger partial charge in [0.05, 0.1) is 6.61 Å². The lowest BCUT2D eigenvalue weighted by Crippen LogP contribution is -2.02. The Kier molecular flexibility index (Phi) is 6.07. The number of halogens is 1. The quantitative estimate of drug-likeness (QED) is 0.594. The number of hydrogen-bond acceptors (Lipinski definition) is 5. The Morgan fingerprint density at radius 3 is 2.47 bits per heavy atom. The Bertz CT molecular complexity index is 552. The summed E-state index contributed by atoms with van der Waals surface area (Å²) in [7, 11) is 0. The maximum absolute atomic E-state index is 9.16. The van der Waals surface area contributed by atoms with E-state index in [1.165, 1.54) is 6.40 Å². The van der Waals surface area contributed by atoms with Crippen LogP contribution in [0, 0.1) is 22.7 Å². The zero-order chi connectivity index (χ0) is 14.3. The van der Waals surface area contributed by atoms with Crippen LogP contribution in [0.25, 0.3) is 0 Å². The molecule has 0 aliphatic carbocycles. The van der Waals surface area contributed by atoms with E-state index in [2.05, 4.69) is 20.9 Å². The van der Waals surface area contributed by atoms with Crippen LogP contribution in [0.15, 0.2) is 9.60 Å². The van der Waals surface area contributed by atoms with Crippen molar-refractivity contribution in [3.63, 3.8) is 0 Å². The molecule has 0 N–H and O–H groups in total. The number of nitrogens with zero attached hydrogens (tertiary/aromatic N) is 4. The van der Waals surface area contributed by atoms with Crippen molar-refractivity contribution < 1.29 is 9.47 Å². The molecule has 0 amide bonds. The largest absolute Gasteiger partial charge is 0.483 e. The van der Waals surface area contributed by atoms with Gasteiger partial charge in [-0.05, 0) is 29.8 Å². The average Bonchev–Trinajstić information content (AvgIpc) is 2.68. The molecule has 0 bridgehead atoms. The minimum atomic E-state index is 0.199. The molecule has 100 valence electrons. The van der Waals surface area contributed by atoms with E-state index < -0.39 is 0 Å². The van der Waals surface area contributed by atoms with Gasteiger partial charge in [-0.25, -0.2) is 4.99 Å². The zero-order valence-corrected chi connectivity index (χ0v) is 12.3. The molecule has 0 saturated heterocycles. The summed E-state index contributed by atoms with van der Waals surface area (Å²) in [5.74, 6) is 0.341. The van der Waals surface area contributed by atoms with Crippen molar-refractivity contribution in [2.24, 2.45) is 4.99 Å². The van der Waals surface area contributed by atoms with Gasteiger partial charge in [-0.15, -0.1) is 0 Å². The molecule has 0 aliphatic heterocycles. The highest BCUT2D eigenvalue weighted by Crippen LogP contribution is 2.32. The van der Waals surface area contributed by atoms with E-state index in [1.807, 2.05) is 26.0 Å². The minimum absolute atomic E-state index is 0.199. The van der Waals surface area contributed by atoms with Gasteiger partial charge in [-0.2, -0.15) is 10.5 Å². The molecular weight excluding hydrogens is 312 g/mol. The summed E-state index contributed by atoms with van der Waals surface area (Å²) in [6.45, 7) is 4.88. The van der Waals surface area contributed by atoms with Gasteiger partial charge in [0, 0.05) is 6.61 Å². The number of aromatic nitrogens is 1. The number of ether oxygens (including phenoxy) is 2. The molecule has 0 fully saturated rings. The lowest BCUT2D eigenvalue weighted by Gasteiger charge is -2.07. The van der Waals surface area contributed by atoms with Crippen LogP contribution in [0.5, 0.6) is 0 Å². The van der Waals surface area contributed by atoms with Gasteiger partial charge in [0.15, 0.2) is 12.2 Å². The van der Waals surface area contributed by atoms with Crippen molar-refractivity contribution in [2.45, 2.75) is 20.6 Å². The fourth-order valence-corrected chi connectivity index (χ4v) is 1.94. The van der Waals surface area contributed by atoms with Crippen molar-refractivity contribution in [2.75, 3.05) is 13.2 Å². The van der Waals surface area contributed by atoms with E-state index in [-0.39, 0.29) is 17.9 Å². The van der Waals surface area contributed by atoms with E-state index in [9.17, 15) is 0 Å². The van der Waals surface area contributed by atoms with Crippen LogP contribution in [-0.4, -0.2) is 24.2 Å². The molecule has 1 aromatic heterocycles. The molecule has 1 heterocycles. The van der Waals surface area contributed by atoms with Crippen LogP contribution in [0.1, 0.15) is 25.0 Å². The number of hydrogen-bond donors (Lipinski definition) is 0. The molecule has 0 aromatic carbocycles. The fraction of sp³-hybridized carbons (Fsp3) is 0.417. The second-order valence-corrected chi connectivity index (χ2v) is 4.08. The summed E-state index contributed by atoms with van der Waals surface area (Å²) in [6, 6.07) is 3.96. The van der Waals surface area contributed by atoms with Crippen LogP contribution in [0.2, 0.25) is 0 Å². The molecule has 0 aliphatic rings. The Morgan fingerprint density at radius 2 is 1.95 bits per heavy atom. The summed E-state index contributed by atoms with van der Waals surface area (Å²) in [4.78, 5) is 4.08. The SMILES string of the molecule is CCO/C=N/c1c(C#N)c(C#N)c(Br)n1COCC. The smallest absolute Gasteiger partial charge is 0.176 e. The number of nitriles is 2. The van der Waals surface area contributed by atoms with Crippen molar-refractivity contribution in [1.82, 2.24) is 4.57 Å². The second kappa shape index (κ2) is 7.57. The van der Waals surface area contributed by atoms with E-state index in [4.69, 9.17) is 20.0 Å². The maximum atomic E-state index is 9.16. The summed E-state index contributed by atoms with van der Waals surface area (Å²) in [6.07, 6.45) is 1.26. The van der Waals surface area contributed by atoms with Gasteiger partial charge in [0.25, 0.3) is 0 Å². The summed E-state index contributed by atoms with van der Waals surface area (Å²) < 4.78 is 12.4. The van der Waals surface area contributed by atoms with Crippen molar-refractivity contribution in [3.8, 4) is 12.1 Å². The van der Waals surface area contributed by atoms with Gasteiger partial charge in [0.1, 0.15) is 34.6 Å². The molecule has 7 heteroatoms. The predicted molar refractivity (Wildman–Crippen MR) is 73.0 cm³/mol. The molecule has 0 atom stereocenters. The topological polar surface area (TPSA) is 83.3 Å². The molecular formula is C12H13BrN4O2. The molecule has 1 rings (SSSR count). The first-order valence-electron chi connectivity index (χ1n) is 5.65. The number of rotatable bonds is 6. The first-order chi connectivity index (χ1) is 9.21. The molecule has 0 spiro atoms. The van der Waals surface area contributed by atoms with Crippen LogP contribution in [-0.2, 0) is 16.2 Å². The molecule has 0 saturated carbocycles. The van der Waals surface area contributed by atoms with Crippen molar-refractivity contribution >= 4 is 28.1 Å². The third-order valence-corrected chi connectivity index (χ3v) is 3.06. The minimum Gasteiger partial charge on any atom is -0.483 e. The van der Waals surface area contributed by atoms with Crippen molar-refractivity contribution in [1.29, 1.82) is 10.5 Å². The first kappa shape index (κ1) is 15.2. The summed E-state index contributed by atoms with van der Waals surface area (Å²) >= 11 is 3.29. The Balaban J connectivity index is 3.30. The normalized spacial score (nSPS) is 10.4. The van der Waals surface area contributed by atoms with Crippen LogP contribution in [0.4, 0.5) is 5.82 Å². The van der Waals surface area contributed by atoms with Crippen LogP contribution in [0.3, 0.4) is 0 Å². The van der Waals surface area contributed by atoms with E-state index in [0.29, 0.717) is 23.6 Å². The summed E-state index contributed by atoms with van der Waals surface area (Å²) in [5.41, 5.74) is 0.441. The van der Waals surface area contributed by atoms with Crippen LogP contribution < -0.4 is 0 Å². The highest BCUT2D eigenvalue weighted by atomic mass is 79.9. The monoisotopic (exact) mass is 324 g/mol. The fourth-order valence-electron chi connectivity index (χ4n) is 1.38. The van der Waals surface area contributed by atoms with Gasteiger partial charge in [-0.3, -0.25) is 4.57 Å². The Hall–Kier alpha value is -1.83. The van der Waals surface area contributed by atoms with E-state index >= 15 is 0 Å². The number of aliphatic imine (C=N–C) groups is 1. The Labute approximate surface area is 120 Å². The molecule has 0 radical (unpaired) electrons. The molecule has 19 heavy (non-hydrogen) atoms. The average molecular weight is 325 g/mol. The third-order valence-electron chi connectivity index (χ3n) is 2.24. The van der Waals surface area contributed by atoms with Gasteiger partial charge >= 0.3 is 0 Å². The van der Waals surface area contributed by atoms with Crippen LogP contribution >= 0.6 is 15.9 Å². The van der Waals surface area contributed by atoms with Gasteiger partial charge in [0.2, 0.25) is 0 Å². The third kappa shape index (κ3) is 3.34. The molecule has 1 aromatic rings. The first-order valence-corrected chi connectivity index (χ1v) is 6.44. The van der Waals surface area contributed by atoms with E-state index in [1.54, 1.807) is 4.57 Å². The highest BCUT2D eigenvalue weighted by Gasteiger charge is 2.21. The predicted octanol–water partition coefficient (Wildman–Crippen LogP) is 2.68. The van der Waals surface area contributed by atoms with Gasteiger partial charge in [-0.1, -0.05) is 0 Å². The van der Waals surface area contributed by atoms with Crippen molar-refractivity contribution in [3.05, 3.63) is 15.7 Å². The Morgan fingerprint density at radius 1 is 1.26 bits per heavy atom. The second-order valence-electron chi connectivity index (χ2n) is 3.33. The lowest BCUT2D eigenvalue weighted by molar-refractivity contribution is 0.0877. The van der Waals surface area contributed by atoms with E-state index in [0.717, 1.165) is 0 Å². The van der Waals surface area contributed by atoms with Gasteiger partial charge < -0.3 is 9.47 Å². The standard InChI is InChI=1S/C12H13BrN4O2/c1-3-18-7-16-12-10(6-15)9(5-14)11(13)17(12)8-19-4-2/h7H,3-4,8H2,1-2H3/b16-7+. The lowest BCUT2D eigenvalue weighted by atomic mass is 10.2. The zero-order valence-electron chi connectivity index (χ0n) is 10.7. The molecule has 6 nitrogen and oxygen atoms in total. The maximum Gasteiger partial charge on any atom is 0.176 e. The molecule has 0 unspecified atom stereocenters. The summed E-state index contributed by atoms with van der Waals surface area (Å²) in [5, 5.41) is 18.3.